The highest BCUT2D eigenvalue weighted by Gasteiger charge is 2.36. The summed E-state index contributed by atoms with van der Waals surface area (Å²) in [5.41, 5.74) is 0. The molecule has 1 N–H and O–H groups in total. The molecular formula is C13H25N3O2. The summed E-state index contributed by atoms with van der Waals surface area (Å²) in [6.45, 7) is 10.4. The minimum Gasteiger partial charge on any atom is -0.304 e. The van der Waals surface area contributed by atoms with E-state index in [-0.39, 0.29) is 17.9 Å². The van der Waals surface area contributed by atoms with E-state index >= 15 is 0 Å². The summed E-state index contributed by atoms with van der Waals surface area (Å²) in [4.78, 5) is 27.1. The van der Waals surface area contributed by atoms with E-state index < -0.39 is 0 Å². The smallest absolute Gasteiger partial charge is 0.246 e. The van der Waals surface area contributed by atoms with Crippen molar-refractivity contribution < 1.29 is 9.59 Å². The van der Waals surface area contributed by atoms with Gasteiger partial charge in [0.25, 0.3) is 0 Å². The SMILES string of the molecule is CCCN(CC)CCNC1CC(=O)N(CC)C1=O. The van der Waals surface area contributed by atoms with E-state index in [1.165, 1.54) is 4.90 Å². The number of carbonyl (C=O) groups excluding carboxylic acids is 2. The third-order valence-corrected chi connectivity index (χ3v) is 3.37. The summed E-state index contributed by atoms with van der Waals surface area (Å²) < 4.78 is 0. The van der Waals surface area contributed by atoms with Gasteiger partial charge in [0.1, 0.15) is 0 Å². The second-order valence-electron chi connectivity index (χ2n) is 4.62. The molecule has 1 atom stereocenters. The minimum atomic E-state index is -0.308. The van der Waals surface area contributed by atoms with Crippen molar-refractivity contribution in [2.75, 3.05) is 32.7 Å². The van der Waals surface area contributed by atoms with Gasteiger partial charge in [-0.25, -0.2) is 0 Å². The molecule has 1 heterocycles. The van der Waals surface area contributed by atoms with Gasteiger partial charge >= 0.3 is 0 Å². The zero-order chi connectivity index (χ0) is 13.5. The molecule has 0 aromatic carbocycles. The first-order valence-corrected chi connectivity index (χ1v) is 6.93. The number of imide groups is 1. The van der Waals surface area contributed by atoms with Crippen LogP contribution in [0.1, 0.15) is 33.6 Å². The van der Waals surface area contributed by atoms with Gasteiger partial charge in [0.15, 0.2) is 0 Å². The summed E-state index contributed by atoms with van der Waals surface area (Å²) in [7, 11) is 0. The average molecular weight is 255 g/mol. The van der Waals surface area contributed by atoms with Crippen LogP contribution in [0.25, 0.3) is 0 Å². The van der Waals surface area contributed by atoms with Crippen LogP contribution in [-0.4, -0.2) is 60.4 Å². The largest absolute Gasteiger partial charge is 0.304 e. The summed E-state index contributed by atoms with van der Waals surface area (Å²) in [5.74, 6) is -0.123. The molecule has 1 rings (SSSR count). The molecule has 5 heteroatoms. The maximum absolute atomic E-state index is 11.8. The number of rotatable bonds is 8. The highest BCUT2D eigenvalue weighted by Crippen LogP contribution is 2.12. The Bertz CT molecular complexity index is 294. The van der Waals surface area contributed by atoms with Gasteiger partial charge in [0, 0.05) is 19.6 Å². The Morgan fingerprint density at radius 1 is 1.28 bits per heavy atom. The van der Waals surface area contributed by atoms with Gasteiger partial charge in [-0.1, -0.05) is 13.8 Å². The minimum absolute atomic E-state index is 0.0547. The zero-order valence-corrected chi connectivity index (χ0v) is 11.7. The first kappa shape index (κ1) is 15.1. The standard InChI is InChI=1S/C13H25N3O2/c1-4-8-15(5-2)9-7-14-11-10-12(17)16(6-3)13(11)18/h11,14H,4-10H2,1-3H3. The quantitative estimate of drug-likeness (QED) is 0.640. The number of likely N-dealkylation sites (N-methyl/N-ethyl adjacent to an activating group) is 2. The normalized spacial score (nSPS) is 20.2. The van der Waals surface area contributed by atoms with Crippen LogP contribution in [0.15, 0.2) is 0 Å². The number of amides is 2. The molecule has 5 nitrogen and oxygen atoms in total. The van der Waals surface area contributed by atoms with Gasteiger partial charge in [-0.3, -0.25) is 14.5 Å². The van der Waals surface area contributed by atoms with E-state index in [1.54, 1.807) is 0 Å². The lowest BCUT2D eigenvalue weighted by Crippen LogP contribution is -2.42. The first-order chi connectivity index (χ1) is 8.63. The topological polar surface area (TPSA) is 52.7 Å². The van der Waals surface area contributed by atoms with Gasteiger partial charge in [-0.05, 0) is 26.4 Å². The van der Waals surface area contributed by atoms with Crippen molar-refractivity contribution in [3.8, 4) is 0 Å². The molecule has 104 valence electrons. The van der Waals surface area contributed by atoms with Crippen molar-refractivity contribution >= 4 is 11.8 Å². The van der Waals surface area contributed by atoms with Crippen LogP contribution in [0.3, 0.4) is 0 Å². The maximum Gasteiger partial charge on any atom is 0.246 e. The fourth-order valence-electron chi connectivity index (χ4n) is 2.32. The molecule has 0 aromatic heterocycles. The third-order valence-electron chi connectivity index (χ3n) is 3.37. The lowest BCUT2D eigenvalue weighted by Gasteiger charge is -2.20. The fraction of sp³-hybridized carbons (Fsp3) is 0.846. The van der Waals surface area contributed by atoms with E-state index in [0.29, 0.717) is 13.0 Å². The molecule has 0 aliphatic carbocycles. The molecule has 0 spiro atoms. The van der Waals surface area contributed by atoms with Gasteiger partial charge in [-0.15, -0.1) is 0 Å². The predicted octanol–water partition coefficient (Wildman–Crippen LogP) is 0.455. The Morgan fingerprint density at radius 2 is 2.00 bits per heavy atom. The summed E-state index contributed by atoms with van der Waals surface area (Å²) >= 11 is 0. The molecule has 0 radical (unpaired) electrons. The third kappa shape index (κ3) is 3.78. The van der Waals surface area contributed by atoms with Crippen LogP contribution < -0.4 is 5.32 Å². The van der Waals surface area contributed by atoms with Gasteiger partial charge in [-0.2, -0.15) is 0 Å². The Hall–Kier alpha value is -0.940. The molecule has 1 unspecified atom stereocenters. The Kier molecular flexibility index (Phi) is 6.29. The number of carbonyl (C=O) groups is 2. The highest BCUT2D eigenvalue weighted by atomic mass is 16.2. The summed E-state index contributed by atoms with van der Waals surface area (Å²) in [5, 5.41) is 3.20. The van der Waals surface area contributed by atoms with Crippen molar-refractivity contribution in [1.82, 2.24) is 15.1 Å². The molecule has 1 fully saturated rings. The number of nitrogens with one attached hydrogen (secondary N) is 1. The number of hydrogen-bond donors (Lipinski definition) is 1. The molecule has 18 heavy (non-hydrogen) atoms. The Labute approximate surface area is 110 Å². The van der Waals surface area contributed by atoms with Crippen molar-refractivity contribution in [3.05, 3.63) is 0 Å². The fourth-order valence-corrected chi connectivity index (χ4v) is 2.32. The van der Waals surface area contributed by atoms with Crippen molar-refractivity contribution in [1.29, 1.82) is 0 Å². The van der Waals surface area contributed by atoms with Gasteiger partial charge in [0.05, 0.1) is 12.5 Å². The van der Waals surface area contributed by atoms with Crippen molar-refractivity contribution in [2.45, 2.75) is 39.7 Å². The van der Waals surface area contributed by atoms with E-state index in [4.69, 9.17) is 0 Å². The number of hydrogen-bond acceptors (Lipinski definition) is 4. The zero-order valence-electron chi connectivity index (χ0n) is 11.7. The lowest BCUT2D eigenvalue weighted by molar-refractivity contribution is -0.138. The first-order valence-electron chi connectivity index (χ1n) is 6.93. The average Bonchev–Trinajstić information content (AvgIpc) is 2.63. The lowest BCUT2D eigenvalue weighted by atomic mass is 10.2. The second kappa shape index (κ2) is 7.48. The number of likely N-dealkylation sites (tertiary alicyclic amines) is 1. The Morgan fingerprint density at radius 3 is 2.50 bits per heavy atom. The van der Waals surface area contributed by atoms with Crippen LogP contribution in [0.4, 0.5) is 0 Å². The van der Waals surface area contributed by atoms with Gasteiger partial charge in [0.2, 0.25) is 11.8 Å². The maximum atomic E-state index is 11.8. The highest BCUT2D eigenvalue weighted by molar-refractivity contribution is 6.05. The van der Waals surface area contributed by atoms with Crippen LogP contribution >= 0.6 is 0 Å². The summed E-state index contributed by atoms with van der Waals surface area (Å²) in [6, 6.07) is -0.308. The Balaban J connectivity index is 2.32. The molecule has 0 aromatic rings. The van der Waals surface area contributed by atoms with Crippen LogP contribution in [-0.2, 0) is 9.59 Å². The van der Waals surface area contributed by atoms with Crippen LogP contribution in [0.5, 0.6) is 0 Å². The van der Waals surface area contributed by atoms with Crippen molar-refractivity contribution in [3.63, 3.8) is 0 Å². The molecule has 0 saturated carbocycles. The second-order valence-corrected chi connectivity index (χ2v) is 4.62. The van der Waals surface area contributed by atoms with Crippen molar-refractivity contribution in [2.24, 2.45) is 0 Å². The van der Waals surface area contributed by atoms with E-state index in [1.807, 2.05) is 6.92 Å². The van der Waals surface area contributed by atoms with Gasteiger partial charge < -0.3 is 10.2 Å². The molecule has 2 amide bonds. The molecular weight excluding hydrogens is 230 g/mol. The number of nitrogens with zero attached hydrogens (tertiary/aromatic N) is 2. The molecule has 1 aliphatic rings. The van der Waals surface area contributed by atoms with Crippen LogP contribution in [0, 0.1) is 0 Å². The van der Waals surface area contributed by atoms with Crippen LogP contribution in [0.2, 0.25) is 0 Å². The summed E-state index contributed by atoms with van der Waals surface area (Å²) in [6.07, 6.45) is 1.45. The van der Waals surface area contributed by atoms with E-state index in [2.05, 4.69) is 24.1 Å². The van der Waals surface area contributed by atoms with E-state index in [0.717, 1.165) is 32.6 Å². The predicted molar refractivity (Wildman–Crippen MR) is 71.2 cm³/mol. The van der Waals surface area contributed by atoms with E-state index in [9.17, 15) is 9.59 Å². The molecule has 1 saturated heterocycles. The molecule has 0 bridgehead atoms. The molecule has 1 aliphatic heterocycles. The monoisotopic (exact) mass is 255 g/mol.